The summed E-state index contributed by atoms with van der Waals surface area (Å²) in [5.74, 6) is 2.74. The Labute approximate surface area is 362 Å². The maximum Gasteiger partial charge on any atom is 0.164 e. The maximum absolute atomic E-state index is 5.42. The first-order valence-corrected chi connectivity index (χ1v) is 21.3. The summed E-state index contributed by atoms with van der Waals surface area (Å²) in [6.45, 7) is 0. The molecule has 0 unspecified atom stereocenters. The number of imidazole rings is 1. The fraction of sp³-hybridized carbons (Fsp3) is 0. The molecule has 5 nitrogen and oxygen atoms in total. The summed E-state index contributed by atoms with van der Waals surface area (Å²) in [5, 5.41) is 14.1. The molecule has 13 aromatic rings. The molecule has 0 saturated carbocycles. The van der Waals surface area contributed by atoms with E-state index in [2.05, 4.69) is 211 Å². The van der Waals surface area contributed by atoms with Crippen molar-refractivity contribution in [2.24, 2.45) is 0 Å². The predicted octanol–water partition coefficient (Wildman–Crippen LogP) is 14.8. The molecule has 0 fully saturated rings. The number of hydrogen-bond donors (Lipinski definition) is 0. The Kier molecular flexibility index (Phi) is 7.84. The number of hydrogen-bond acceptors (Lipinski definition) is 4. The van der Waals surface area contributed by atoms with Crippen molar-refractivity contribution in [3.63, 3.8) is 0 Å². The van der Waals surface area contributed by atoms with E-state index in [-0.39, 0.29) is 0 Å². The predicted molar refractivity (Wildman–Crippen MR) is 261 cm³/mol. The lowest BCUT2D eigenvalue weighted by Gasteiger charge is -2.13. The minimum atomic E-state index is 0.606. The van der Waals surface area contributed by atoms with Gasteiger partial charge < -0.3 is 0 Å². The van der Waals surface area contributed by atoms with E-state index in [4.69, 9.17) is 19.9 Å². The van der Waals surface area contributed by atoms with E-state index in [1.165, 1.54) is 43.1 Å². The number of nitrogens with zero attached hydrogens (tertiary/aromatic N) is 5. The molecule has 0 saturated heterocycles. The largest absolute Gasteiger partial charge is 0.292 e. The van der Waals surface area contributed by atoms with Crippen molar-refractivity contribution in [3.05, 3.63) is 212 Å². The first kappa shape index (κ1) is 35.2. The topological polar surface area (TPSA) is 56.5 Å². The van der Waals surface area contributed by atoms with Crippen LogP contribution in [-0.2, 0) is 0 Å². The van der Waals surface area contributed by atoms with Gasteiger partial charge in [0.05, 0.1) is 11.0 Å². The fourth-order valence-corrected chi connectivity index (χ4v) is 9.42. The summed E-state index contributed by atoms with van der Waals surface area (Å²) >= 11 is 0. The van der Waals surface area contributed by atoms with E-state index in [1.807, 2.05) is 6.07 Å². The molecule has 0 bridgehead atoms. The Morgan fingerprint density at radius 1 is 0.270 bits per heavy atom. The van der Waals surface area contributed by atoms with Gasteiger partial charge in [0.1, 0.15) is 5.82 Å². The summed E-state index contributed by atoms with van der Waals surface area (Å²) in [4.78, 5) is 21.0. The van der Waals surface area contributed by atoms with E-state index in [0.717, 1.165) is 66.3 Å². The van der Waals surface area contributed by atoms with Crippen LogP contribution in [0.25, 0.3) is 127 Å². The van der Waals surface area contributed by atoms with Gasteiger partial charge in [0.2, 0.25) is 0 Å². The van der Waals surface area contributed by atoms with Crippen LogP contribution in [0.1, 0.15) is 0 Å². The van der Waals surface area contributed by atoms with Crippen molar-refractivity contribution in [1.82, 2.24) is 24.5 Å². The zero-order valence-electron chi connectivity index (χ0n) is 33.9. The first-order valence-electron chi connectivity index (χ1n) is 21.3. The third kappa shape index (κ3) is 5.86. The Bertz CT molecular complexity index is 3830. The van der Waals surface area contributed by atoms with Crippen LogP contribution in [0.3, 0.4) is 0 Å². The van der Waals surface area contributed by atoms with Gasteiger partial charge in [0.15, 0.2) is 17.5 Å². The highest BCUT2D eigenvalue weighted by Crippen LogP contribution is 2.40. The molecule has 0 radical (unpaired) electrons. The third-order valence-corrected chi connectivity index (χ3v) is 12.5. The molecular formula is C58H35N5. The lowest BCUT2D eigenvalue weighted by atomic mass is 10.00. The monoisotopic (exact) mass is 801 g/mol. The van der Waals surface area contributed by atoms with Gasteiger partial charge in [0, 0.05) is 38.7 Å². The molecule has 0 atom stereocenters. The molecule has 5 heteroatoms. The van der Waals surface area contributed by atoms with Gasteiger partial charge in [-0.05, 0) is 115 Å². The van der Waals surface area contributed by atoms with E-state index in [1.54, 1.807) is 0 Å². The van der Waals surface area contributed by atoms with Crippen LogP contribution in [-0.4, -0.2) is 24.5 Å². The van der Waals surface area contributed by atoms with Crippen LogP contribution in [0, 0.1) is 0 Å². The summed E-state index contributed by atoms with van der Waals surface area (Å²) in [6.07, 6.45) is 0. The first-order chi connectivity index (χ1) is 31.2. The molecule has 0 aliphatic carbocycles. The molecule has 292 valence electrons. The normalized spacial score (nSPS) is 11.8. The minimum Gasteiger partial charge on any atom is -0.292 e. The Hall–Kier alpha value is -8.54. The Morgan fingerprint density at radius 2 is 0.683 bits per heavy atom. The van der Waals surface area contributed by atoms with Crippen molar-refractivity contribution in [1.29, 1.82) is 0 Å². The van der Waals surface area contributed by atoms with Crippen LogP contribution >= 0.6 is 0 Å². The van der Waals surface area contributed by atoms with Gasteiger partial charge in [-0.2, -0.15) is 0 Å². The smallest absolute Gasteiger partial charge is 0.164 e. The molecule has 13 rings (SSSR count). The average Bonchev–Trinajstić information content (AvgIpc) is 3.76. The molecule has 0 aliphatic heterocycles. The van der Waals surface area contributed by atoms with Crippen molar-refractivity contribution in [2.75, 3.05) is 0 Å². The second kappa shape index (κ2) is 14.0. The van der Waals surface area contributed by atoms with E-state index < -0.39 is 0 Å². The standard InChI is InChI=1S/C58H35N5/c1-2-12-37(13-3-1)58-59-53-51-20-10-8-18-49(51)50-19-9-11-21-52(50)54(53)63(58)48-28-26-36(27-29-48)55-60-56(44-24-22-42-30-38-14-4-6-16-40(38)32-46(42)34-44)62-57(61-55)45-25-23-43-31-39-15-5-7-17-41(39)33-47(43)35-45/h1-35H. The van der Waals surface area contributed by atoms with Crippen molar-refractivity contribution < 1.29 is 0 Å². The molecule has 0 amide bonds. The quantitative estimate of drug-likeness (QED) is 0.128. The van der Waals surface area contributed by atoms with E-state index in [9.17, 15) is 0 Å². The molecule has 0 N–H and O–H groups in total. The molecule has 0 aliphatic rings. The van der Waals surface area contributed by atoms with Crippen LogP contribution in [0.2, 0.25) is 0 Å². The summed E-state index contributed by atoms with van der Waals surface area (Å²) in [7, 11) is 0. The summed E-state index contributed by atoms with van der Waals surface area (Å²) in [6, 6.07) is 75.2. The van der Waals surface area contributed by atoms with Gasteiger partial charge in [-0.1, -0.05) is 152 Å². The highest BCUT2D eigenvalue weighted by molar-refractivity contribution is 6.24. The lowest BCUT2D eigenvalue weighted by molar-refractivity contribution is 1.07. The second-order valence-corrected chi connectivity index (χ2v) is 16.3. The van der Waals surface area contributed by atoms with Crippen molar-refractivity contribution >= 4 is 75.7 Å². The fourth-order valence-electron chi connectivity index (χ4n) is 9.42. The number of fused-ring (bicyclic) bond motifs is 10. The molecule has 2 aromatic heterocycles. The number of benzene rings is 11. The van der Waals surface area contributed by atoms with Crippen LogP contribution in [0.15, 0.2) is 212 Å². The highest BCUT2D eigenvalue weighted by atomic mass is 15.1. The average molecular weight is 802 g/mol. The zero-order chi connectivity index (χ0) is 41.4. The second-order valence-electron chi connectivity index (χ2n) is 16.3. The third-order valence-electron chi connectivity index (χ3n) is 12.5. The Morgan fingerprint density at radius 3 is 1.24 bits per heavy atom. The summed E-state index contributed by atoms with van der Waals surface area (Å²) < 4.78 is 2.31. The SMILES string of the molecule is c1ccc(-c2nc3c4ccccc4c4ccccc4c3n2-c2ccc(-c3nc(-c4ccc5cc6ccccc6cc5c4)nc(-c4ccc5cc6ccccc6cc5c4)n3)cc2)cc1. The van der Waals surface area contributed by atoms with Crippen molar-refractivity contribution in [2.45, 2.75) is 0 Å². The highest BCUT2D eigenvalue weighted by Gasteiger charge is 2.21. The van der Waals surface area contributed by atoms with Gasteiger partial charge in [-0.3, -0.25) is 4.57 Å². The molecule has 63 heavy (non-hydrogen) atoms. The van der Waals surface area contributed by atoms with E-state index >= 15 is 0 Å². The van der Waals surface area contributed by atoms with Gasteiger partial charge in [-0.15, -0.1) is 0 Å². The van der Waals surface area contributed by atoms with Gasteiger partial charge in [-0.25, -0.2) is 19.9 Å². The lowest BCUT2D eigenvalue weighted by Crippen LogP contribution is -2.01. The Balaban J connectivity index is 0.996. The molecule has 2 heterocycles. The molecule has 11 aromatic carbocycles. The van der Waals surface area contributed by atoms with Gasteiger partial charge >= 0.3 is 0 Å². The minimum absolute atomic E-state index is 0.606. The van der Waals surface area contributed by atoms with E-state index in [0.29, 0.717) is 17.5 Å². The summed E-state index contributed by atoms with van der Waals surface area (Å²) in [5.41, 5.74) is 6.86. The maximum atomic E-state index is 5.42. The van der Waals surface area contributed by atoms with Gasteiger partial charge in [0.25, 0.3) is 0 Å². The molecular weight excluding hydrogens is 767 g/mol. The number of aromatic nitrogens is 5. The zero-order valence-corrected chi connectivity index (χ0v) is 33.9. The van der Waals surface area contributed by atoms with Crippen LogP contribution < -0.4 is 0 Å². The molecule has 0 spiro atoms. The van der Waals surface area contributed by atoms with Crippen LogP contribution in [0.4, 0.5) is 0 Å². The van der Waals surface area contributed by atoms with Crippen LogP contribution in [0.5, 0.6) is 0 Å². The van der Waals surface area contributed by atoms with Crippen molar-refractivity contribution in [3.8, 4) is 51.2 Å². The number of rotatable bonds is 5.